The molecule has 0 radical (unpaired) electrons. The summed E-state index contributed by atoms with van der Waals surface area (Å²) in [5.41, 5.74) is 4.64. The molecule has 2 aliphatic heterocycles. The molecule has 8 heteroatoms. The largest absolute Gasteiger partial charge is 0.416 e. The van der Waals surface area contributed by atoms with Gasteiger partial charge in [0.05, 0.1) is 30.1 Å². The number of esters is 2. The summed E-state index contributed by atoms with van der Waals surface area (Å²) in [6.07, 6.45) is 0.670. The lowest BCUT2D eigenvalue weighted by atomic mass is 9.96. The van der Waals surface area contributed by atoms with E-state index in [1.807, 2.05) is 0 Å². The Hall–Kier alpha value is -2.61. The Labute approximate surface area is 199 Å². The van der Waals surface area contributed by atoms with E-state index in [2.05, 4.69) is 54.1 Å². The van der Waals surface area contributed by atoms with E-state index in [9.17, 15) is 9.59 Å². The minimum Gasteiger partial charge on any atom is -0.416 e. The minimum absolute atomic E-state index is 0.0112. The zero-order valence-electron chi connectivity index (χ0n) is 19.0. The Morgan fingerprint density at radius 1 is 0.970 bits per heavy atom. The number of benzene rings is 2. The number of halogens is 1. The maximum Gasteiger partial charge on any atom is 0.309 e. The molecule has 1 fully saturated rings. The lowest BCUT2D eigenvalue weighted by molar-refractivity contribution is -0.225. The first-order valence-corrected chi connectivity index (χ1v) is 11.8. The second-order valence-corrected chi connectivity index (χ2v) is 9.19. The molecule has 33 heavy (non-hydrogen) atoms. The van der Waals surface area contributed by atoms with E-state index in [4.69, 9.17) is 21.1 Å². The van der Waals surface area contributed by atoms with Gasteiger partial charge in [0.25, 0.3) is 5.79 Å². The first kappa shape index (κ1) is 23.5. The molecule has 2 heterocycles. The van der Waals surface area contributed by atoms with Crippen LogP contribution < -0.4 is 16.0 Å². The highest BCUT2D eigenvalue weighted by Crippen LogP contribution is 2.40. The zero-order valence-corrected chi connectivity index (χ0v) is 19.8. The molecular weight excluding hydrogens is 442 g/mol. The first-order chi connectivity index (χ1) is 15.9. The standard InChI is InChI=1S/C25H30ClN3O4/c1-16(2)28-13-17-3-5-18(6-4-17)14-29-24-19-11-12-27-15-25(20(19)7-8-21(24)26)32-22(30)9-10-23(31)33-25/h3-8,16,27-29H,9-15H2,1-2H3. The van der Waals surface area contributed by atoms with Crippen LogP contribution in [0.4, 0.5) is 5.69 Å². The fourth-order valence-electron chi connectivity index (χ4n) is 4.15. The number of carbonyl (C=O) groups excluding carboxylic acids is 2. The third-order valence-electron chi connectivity index (χ3n) is 5.88. The maximum absolute atomic E-state index is 12.3. The molecule has 2 aliphatic rings. The molecule has 1 spiro atoms. The third kappa shape index (κ3) is 5.49. The quantitative estimate of drug-likeness (QED) is 0.554. The number of ether oxygens (including phenoxy) is 2. The molecule has 0 amide bonds. The van der Waals surface area contributed by atoms with Crippen molar-refractivity contribution in [2.75, 3.05) is 18.4 Å². The van der Waals surface area contributed by atoms with E-state index in [1.165, 1.54) is 5.56 Å². The van der Waals surface area contributed by atoms with Crippen LogP contribution in [0.2, 0.25) is 5.02 Å². The first-order valence-electron chi connectivity index (χ1n) is 11.4. The van der Waals surface area contributed by atoms with Crippen LogP contribution in [0.15, 0.2) is 36.4 Å². The molecule has 0 atom stereocenters. The highest BCUT2D eigenvalue weighted by molar-refractivity contribution is 6.33. The predicted molar refractivity (Wildman–Crippen MR) is 127 cm³/mol. The smallest absolute Gasteiger partial charge is 0.309 e. The summed E-state index contributed by atoms with van der Waals surface area (Å²) in [4.78, 5) is 24.5. The average molecular weight is 472 g/mol. The van der Waals surface area contributed by atoms with Crippen LogP contribution in [0.5, 0.6) is 0 Å². The normalized spacial score (nSPS) is 17.7. The monoisotopic (exact) mass is 471 g/mol. The fourth-order valence-corrected chi connectivity index (χ4v) is 4.40. The van der Waals surface area contributed by atoms with Gasteiger partial charge < -0.3 is 25.4 Å². The fraction of sp³-hybridized carbons (Fsp3) is 0.440. The number of rotatable bonds is 6. The Morgan fingerprint density at radius 3 is 2.24 bits per heavy atom. The third-order valence-corrected chi connectivity index (χ3v) is 6.19. The van der Waals surface area contributed by atoms with Gasteiger partial charge in [-0.1, -0.05) is 49.7 Å². The highest BCUT2D eigenvalue weighted by Gasteiger charge is 2.45. The predicted octanol–water partition coefficient (Wildman–Crippen LogP) is 3.63. The van der Waals surface area contributed by atoms with Crippen molar-refractivity contribution in [1.29, 1.82) is 0 Å². The van der Waals surface area contributed by atoms with E-state index in [-0.39, 0.29) is 19.4 Å². The maximum atomic E-state index is 12.3. The van der Waals surface area contributed by atoms with Crippen molar-refractivity contribution in [2.45, 2.75) is 58.0 Å². The number of hydrogen-bond acceptors (Lipinski definition) is 7. The van der Waals surface area contributed by atoms with Crippen LogP contribution in [-0.2, 0) is 44.4 Å². The summed E-state index contributed by atoms with van der Waals surface area (Å²) in [6.45, 7) is 6.49. The summed E-state index contributed by atoms with van der Waals surface area (Å²) in [5.74, 6) is -2.39. The SMILES string of the molecule is CC(C)NCc1ccc(CNc2c(Cl)ccc3c2CCNCC32OC(=O)CCC(=O)O2)cc1. The van der Waals surface area contributed by atoms with Crippen LogP contribution >= 0.6 is 11.6 Å². The second-order valence-electron chi connectivity index (χ2n) is 8.78. The van der Waals surface area contributed by atoms with Crippen LogP contribution in [0.25, 0.3) is 0 Å². The van der Waals surface area contributed by atoms with Gasteiger partial charge in [-0.2, -0.15) is 0 Å². The number of fused-ring (bicyclic) bond motifs is 2. The molecule has 4 rings (SSSR count). The van der Waals surface area contributed by atoms with Crippen LogP contribution in [0, 0.1) is 0 Å². The summed E-state index contributed by atoms with van der Waals surface area (Å²) < 4.78 is 11.4. The molecule has 0 aromatic heterocycles. The van der Waals surface area contributed by atoms with Gasteiger partial charge in [-0.15, -0.1) is 0 Å². The van der Waals surface area contributed by atoms with Crippen molar-refractivity contribution in [1.82, 2.24) is 10.6 Å². The van der Waals surface area contributed by atoms with E-state index >= 15 is 0 Å². The molecule has 0 saturated carbocycles. The van der Waals surface area contributed by atoms with Crippen LogP contribution in [-0.4, -0.2) is 31.1 Å². The Kier molecular flexibility index (Phi) is 7.22. The molecule has 3 N–H and O–H groups in total. The molecule has 176 valence electrons. The van der Waals surface area contributed by atoms with Gasteiger partial charge in [0.2, 0.25) is 0 Å². The van der Waals surface area contributed by atoms with Crippen molar-refractivity contribution in [3.8, 4) is 0 Å². The highest BCUT2D eigenvalue weighted by atomic mass is 35.5. The van der Waals surface area contributed by atoms with Crippen LogP contribution in [0.3, 0.4) is 0 Å². The number of carbonyl (C=O) groups is 2. The van der Waals surface area contributed by atoms with Gasteiger partial charge in [-0.05, 0) is 41.8 Å². The average Bonchev–Trinajstić information content (AvgIpc) is 3.05. The van der Waals surface area contributed by atoms with Crippen molar-refractivity contribution >= 4 is 29.2 Å². The van der Waals surface area contributed by atoms with Crippen molar-refractivity contribution in [2.24, 2.45) is 0 Å². The number of anilines is 1. The van der Waals surface area contributed by atoms with Gasteiger partial charge in [-0.3, -0.25) is 9.59 Å². The van der Waals surface area contributed by atoms with Gasteiger partial charge in [0.15, 0.2) is 0 Å². The van der Waals surface area contributed by atoms with Gasteiger partial charge in [0, 0.05) is 24.7 Å². The number of nitrogens with one attached hydrogen (secondary N) is 3. The summed E-state index contributed by atoms with van der Waals surface area (Å²) in [6, 6.07) is 12.4. The lowest BCUT2D eigenvalue weighted by Crippen LogP contribution is -2.43. The topological polar surface area (TPSA) is 88.7 Å². The Balaban J connectivity index is 1.59. The van der Waals surface area contributed by atoms with Gasteiger partial charge in [0.1, 0.15) is 0 Å². The van der Waals surface area contributed by atoms with Crippen molar-refractivity contribution in [3.05, 3.63) is 63.7 Å². The summed E-state index contributed by atoms with van der Waals surface area (Å²) in [7, 11) is 0. The zero-order chi connectivity index (χ0) is 23.4. The molecule has 2 aromatic rings. The van der Waals surface area contributed by atoms with Crippen molar-refractivity contribution < 1.29 is 19.1 Å². The van der Waals surface area contributed by atoms with E-state index in [0.717, 1.165) is 23.4 Å². The molecule has 7 nitrogen and oxygen atoms in total. The molecule has 0 bridgehead atoms. The van der Waals surface area contributed by atoms with Crippen molar-refractivity contribution in [3.63, 3.8) is 0 Å². The molecule has 0 unspecified atom stereocenters. The van der Waals surface area contributed by atoms with Crippen LogP contribution in [0.1, 0.15) is 48.9 Å². The number of hydrogen-bond donors (Lipinski definition) is 3. The van der Waals surface area contributed by atoms with E-state index in [1.54, 1.807) is 12.1 Å². The molecular formula is C25H30ClN3O4. The van der Waals surface area contributed by atoms with E-state index < -0.39 is 17.7 Å². The van der Waals surface area contributed by atoms with Gasteiger partial charge in [-0.25, -0.2) is 0 Å². The minimum atomic E-state index is -1.48. The molecule has 1 saturated heterocycles. The second kappa shape index (κ2) is 10.1. The van der Waals surface area contributed by atoms with E-state index in [0.29, 0.717) is 36.1 Å². The van der Waals surface area contributed by atoms with Gasteiger partial charge >= 0.3 is 11.9 Å². The Morgan fingerprint density at radius 2 is 1.61 bits per heavy atom. The summed E-state index contributed by atoms with van der Waals surface area (Å²) >= 11 is 6.59. The molecule has 0 aliphatic carbocycles. The summed E-state index contributed by atoms with van der Waals surface area (Å²) in [5, 5.41) is 10.7. The molecule has 2 aromatic carbocycles. The lowest BCUT2D eigenvalue weighted by Gasteiger charge is -2.32. The Bertz CT molecular complexity index is 1010.